The average molecular weight is 529 g/mol. The SMILES string of the molecule is CN1CCN(C(=O)c2ccc(N/C(=C3\C(=O)Nc4cc(F)ccc43)c3cccc(CCC(=O)O)c3)cc2)CC1. The first-order chi connectivity index (χ1) is 18.8. The fraction of sp³-hybridized carbons (Fsp3) is 0.233. The van der Waals surface area contributed by atoms with E-state index in [0.717, 1.165) is 18.7 Å². The van der Waals surface area contributed by atoms with Crippen LogP contribution in [0.25, 0.3) is 11.3 Å². The van der Waals surface area contributed by atoms with Crippen LogP contribution < -0.4 is 10.6 Å². The quantitative estimate of drug-likeness (QED) is 0.398. The molecular weight excluding hydrogens is 499 g/mol. The number of carboxylic acid groups (broad SMARTS) is 1. The number of carbonyl (C=O) groups excluding carboxylic acids is 2. The summed E-state index contributed by atoms with van der Waals surface area (Å²) in [7, 11) is 2.04. The topological polar surface area (TPSA) is 102 Å². The van der Waals surface area contributed by atoms with Crippen molar-refractivity contribution >= 4 is 40.4 Å². The molecule has 39 heavy (non-hydrogen) atoms. The Morgan fingerprint density at radius 1 is 0.974 bits per heavy atom. The molecule has 2 aliphatic heterocycles. The average Bonchev–Trinajstić information content (AvgIpc) is 3.25. The standard InChI is InChI=1S/C30H29FN4O4/c1-34-13-15-35(16-14-34)30(39)20-6-9-23(10-7-20)32-28(21-4-2-3-19(17-21)5-12-26(36)37)27-24-11-8-22(31)18-25(24)33-29(27)38/h2-4,6-11,17-18,32H,5,12-16H2,1H3,(H,33,38)(H,36,37)/b28-27-. The highest BCUT2D eigenvalue weighted by molar-refractivity contribution is 6.37. The van der Waals surface area contributed by atoms with E-state index in [4.69, 9.17) is 5.11 Å². The summed E-state index contributed by atoms with van der Waals surface area (Å²) in [6, 6.07) is 18.6. The summed E-state index contributed by atoms with van der Waals surface area (Å²) < 4.78 is 13.9. The number of fused-ring (bicyclic) bond motifs is 1. The third kappa shape index (κ3) is 5.83. The molecule has 3 N–H and O–H groups in total. The Morgan fingerprint density at radius 3 is 2.44 bits per heavy atom. The van der Waals surface area contributed by atoms with Gasteiger partial charge in [-0.2, -0.15) is 0 Å². The predicted octanol–water partition coefficient (Wildman–Crippen LogP) is 4.16. The molecule has 0 bridgehead atoms. The van der Waals surface area contributed by atoms with Gasteiger partial charge in [0.1, 0.15) is 5.82 Å². The van der Waals surface area contributed by atoms with Crippen molar-refractivity contribution < 1.29 is 23.9 Å². The number of rotatable bonds is 7. The zero-order valence-electron chi connectivity index (χ0n) is 21.5. The van der Waals surface area contributed by atoms with Gasteiger partial charge in [0.25, 0.3) is 11.8 Å². The van der Waals surface area contributed by atoms with E-state index in [0.29, 0.717) is 58.8 Å². The molecule has 0 saturated carbocycles. The number of aryl methyl sites for hydroxylation is 1. The number of halogens is 1. The molecule has 2 amide bonds. The molecule has 3 aromatic rings. The molecule has 5 rings (SSSR count). The molecule has 0 aliphatic carbocycles. The van der Waals surface area contributed by atoms with Crippen LogP contribution in [0.3, 0.4) is 0 Å². The van der Waals surface area contributed by atoms with Crippen molar-refractivity contribution in [2.75, 3.05) is 43.9 Å². The highest BCUT2D eigenvalue weighted by Crippen LogP contribution is 2.38. The van der Waals surface area contributed by atoms with E-state index < -0.39 is 11.8 Å². The first-order valence-electron chi connectivity index (χ1n) is 12.8. The summed E-state index contributed by atoms with van der Waals surface area (Å²) in [5.74, 6) is -1.75. The Labute approximate surface area is 225 Å². The van der Waals surface area contributed by atoms with Crippen molar-refractivity contribution in [3.05, 3.63) is 94.8 Å². The second-order valence-electron chi connectivity index (χ2n) is 9.79. The molecule has 1 saturated heterocycles. The van der Waals surface area contributed by atoms with Gasteiger partial charge in [-0.1, -0.05) is 18.2 Å². The second-order valence-corrected chi connectivity index (χ2v) is 9.79. The van der Waals surface area contributed by atoms with Crippen molar-refractivity contribution in [1.29, 1.82) is 0 Å². The fourth-order valence-electron chi connectivity index (χ4n) is 4.84. The molecule has 1 fully saturated rings. The van der Waals surface area contributed by atoms with Crippen molar-refractivity contribution in [2.45, 2.75) is 12.8 Å². The summed E-state index contributed by atoms with van der Waals surface area (Å²) >= 11 is 0. The smallest absolute Gasteiger partial charge is 0.303 e. The number of aliphatic carboxylic acids is 1. The zero-order chi connectivity index (χ0) is 27.5. The number of hydrogen-bond acceptors (Lipinski definition) is 5. The molecule has 8 nitrogen and oxygen atoms in total. The number of hydrogen-bond donors (Lipinski definition) is 3. The summed E-state index contributed by atoms with van der Waals surface area (Å²) in [6.07, 6.45) is 0.317. The Hall–Kier alpha value is -4.50. The maximum Gasteiger partial charge on any atom is 0.303 e. The molecule has 0 radical (unpaired) electrons. The van der Waals surface area contributed by atoms with Crippen LogP contribution in [0, 0.1) is 5.82 Å². The maximum absolute atomic E-state index is 13.9. The van der Waals surface area contributed by atoms with E-state index in [1.54, 1.807) is 30.3 Å². The molecular formula is C30H29FN4O4. The number of anilines is 2. The van der Waals surface area contributed by atoms with E-state index in [9.17, 15) is 18.8 Å². The Bertz CT molecular complexity index is 1460. The van der Waals surface area contributed by atoms with Gasteiger partial charge in [-0.15, -0.1) is 0 Å². The van der Waals surface area contributed by atoms with Crippen LogP contribution in [-0.2, 0) is 16.0 Å². The van der Waals surface area contributed by atoms with E-state index in [2.05, 4.69) is 15.5 Å². The van der Waals surface area contributed by atoms with Gasteiger partial charge in [-0.05, 0) is 73.1 Å². The van der Waals surface area contributed by atoms with E-state index >= 15 is 0 Å². The third-order valence-corrected chi connectivity index (χ3v) is 7.01. The second kappa shape index (κ2) is 11.1. The van der Waals surface area contributed by atoms with E-state index in [1.807, 2.05) is 36.2 Å². The third-order valence-electron chi connectivity index (χ3n) is 7.01. The molecule has 0 unspecified atom stereocenters. The summed E-state index contributed by atoms with van der Waals surface area (Å²) in [4.78, 5) is 41.2. The zero-order valence-corrected chi connectivity index (χ0v) is 21.5. The van der Waals surface area contributed by atoms with Gasteiger partial charge in [-0.25, -0.2) is 4.39 Å². The van der Waals surface area contributed by atoms with Gasteiger partial charge >= 0.3 is 5.97 Å². The lowest BCUT2D eigenvalue weighted by Crippen LogP contribution is -2.47. The monoisotopic (exact) mass is 528 g/mol. The van der Waals surface area contributed by atoms with Gasteiger partial charge in [-0.3, -0.25) is 14.4 Å². The van der Waals surface area contributed by atoms with Gasteiger partial charge in [0.05, 0.1) is 17.0 Å². The lowest BCUT2D eigenvalue weighted by Gasteiger charge is -2.32. The molecule has 9 heteroatoms. The lowest BCUT2D eigenvalue weighted by atomic mass is 9.97. The number of piperazine rings is 1. The highest BCUT2D eigenvalue weighted by Gasteiger charge is 2.29. The molecule has 0 aromatic heterocycles. The lowest BCUT2D eigenvalue weighted by molar-refractivity contribution is -0.137. The minimum Gasteiger partial charge on any atom is -0.481 e. The minimum atomic E-state index is -0.894. The highest BCUT2D eigenvalue weighted by atomic mass is 19.1. The minimum absolute atomic E-state index is 0.0197. The first kappa shape index (κ1) is 26.1. The summed E-state index contributed by atoms with van der Waals surface area (Å²) in [5.41, 5.74) is 4.50. The number of amides is 2. The van der Waals surface area contributed by atoms with Crippen LogP contribution in [0.1, 0.15) is 33.5 Å². The first-order valence-corrected chi connectivity index (χ1v) is 12.8. The Morgan fingerprint density at radius 2 is 1.72 bits per heavy atom. The van der Waals surface area contributed by atoms with Crippen molar-refractivity contribution in [2.24, 2.45) is 0 Å². The van der Waals surface area contributed by atoms with Crippen LogP contribution >= 0.6 is 0 Å². The molecule has 2 aliphatic rings. The van der Waals surface area contributed by atoms with Crippen LogP contribution in [0.15, 0.2) is 66.7 Å². The molecule has 0 spiro atoms. The normalized spacial score (nSPS) is 16.5. The van der Waals surface area contributed by atoms with Crippen molar-refractivity contribution in [3.8, 4) is 0 Å². The fourth-order valence-corrected chi connectivity index (χ4v) is 4.84. The molecule has 3 aromatic carbocycles. The largest absolute Gasteiger partial charge is 0.481 e. The number of carboxylic acids is 1. The number of nitrogens with zero attached hydrogens (tertiary/aromatic N) is 2. The van der Waals surface area contributed by atoms with Crippen molar-refractivity contribution in [1.82, 2.24) is 9.80 Å². The van der Waals surface area contributed by atoms with E-state index in [1.165, 1.54) is 12.1 Å². The van der Waals surface area contributed by atoms with Gasteiger partial charge in [0.2, 0.25) is 0 Å². The van der Waals surface area contributed by atoms with Crippen LogP contribution in [0.5, 0.6) is 0 Å². The van der Waals surface area contributed by atoms with Crippen LogP contribution in [-0.4, -0.2) is 65.9 Å². The van der Waals surface area contributed by atoms with Crippen molar-refractivity contribution in [3.63, 3.8) is 0 Å². The number of benzene rings is 3. The summed E-state index contributed by atoms with van der Waals surface area (Å²) in [5, 5.41) is 15.2. The molecule has 2 heterocycles. The molecule has 200 valence electrons. The van der Waals surface area contributed by atoms with Gasteiger partial charge < -0.3 is 25.5 Å². The Balaban J connectivity index is 1.49. The van der Waals surface area contributed by atoms with E-state index in [-0.39, 0.29) is 18.2 Å². The van der Waals surface area contributed by atoms with Crippen LogP contribution in [0.4, 0.5) is 15.8 Å². The Kier molecular flexibility index (Phi) is 7.42. The number of likely N-dealkylation sites (N-methyl/N-ethyl adjacent to an activating group) is 1. The number of carbonyl (C=O) groups is 3. The summed E-state index contributed by atoms with van der Waals surface area (Å²) in [6.45, 7) is 3.03. The molecule has 0 atom stereocenters. The predicted molar refractivity (Wildman–Crippen MR) is 148 cm³/mol. The van der Waals surface area contributed by atoms with Gasteiger partial charge in [0, 0.05) is 49.4 Å². The number of nitrogens with one attached hydrogen (secondary N) is 2. The maximum atomic E-state index is 13.9. The van der Waals surface area contributed by atoms with Crippen LogP contribution in [0.2, 0.25) is 0 Å². The van der Waals surface area contributed by atoms with Gasteiger partial charge in [0.15, 0.2) is 0 Å².